The van der Waals surface area contributed by atoms with E-state index in [-0.39, 0.29) is 19.1 Å². The van der Waals surface area contributed by atoms with Gasteiger partial charge < -0.3 is 15.7 Å². The number of carbonyl (C=O) groups excluding carboxylic acids is 1. The number of rotatable bonds is 5. The molecule has 2 aromatic carbocycles. The summed E-state index contributed by atoms with van der Waals surface area (Å²) in [6, 6.07) is 12.8. The molecule has 4 nitrogen and oxygen atoms in total. The average Bonchev–Trinajstić information content (AvgIpc) is 2.59. The van der Waals surface area contributed by atoms with Gasteiger partial charge in [-0.05, 0) is 48.9 Å². The van der Waals surface area contributed by atoms with Gasteiger partial charge in [-0.15, -0.1) is 0 Å². The zero-order valence-electron chi connectivity index (χ0n) is 13.4. The summed E-state index contributed by atoms with van der Waals surface area (Å²) in [6.45, 7) is 2.50. The summed E-state index contributed by atoms with van der Waals surface area (Å²) in [4.78, 5) is 12.0. The molecule has 0 bridgehead atoms. The molecule has 0 saturated carbocycles. The highest BCUT2D eigenvalue weighted by molar-refractivity contribution is 6.30. The van der Waals surface area contributed by atoms with Crippen LogP contribution in [0.15, 0.2) is 42.5 Å². The van der Waals surface area contributed by atoms with Gasteiger partial charge in [0.2, 0.25) is 0 Å². The Bertz CT molecular complexity index is 761. The molecule has 0 aliphatic heterocycles. The van der Waals surface area contributed by atoms with E-state index in [1.807, 2.05) is 31.2 Å². The maximum atomic E-state index is 12.0. The fourth-order valence-corrected chi connectivity index (χ4v) is 2.28. The Balaban J connectivity index is 2.00. The molecule has 2 aromatic rings. The van der Waals surface area contributed by atoms with E-state index in [1.165, 1.54) is 0 Å². The summed E-state index contributed by atoms with van der Waals surface area (Å²) in [5.74, 6) is 5.89. The van der Waals surface area contributed by atoms with Gasteiger partial charge in [-0.1, -0.05) is 29.5 Å². The fraction of sp³-hybridized carbons (Fsp3) is 0.211. The van der Waals surface area contributed by atoms with Gasteiger partial charge in [0.1, 0.15) is 0 Å². The summed E-state index contributed by atoms with van der Waals surface area (Å²) in [5.41, 5.74) is 3.19. The van der Waals surface area contributed by atoms with Crippen LogP contribution in [-0.2, 0) is 0 Å². The molecule has 3 N–H and O–H groups in total. The number of hydrogen-bond acceptors (Lipinski definition) is 3. The summed E-state index contributed by atoms with van der Waals surface area (Å²) in [5, 5.41) is 15.3. The normalized spacial score (nSPS) is 9.79. The van der Waals surface area contributed by atoms with Crippen LogP contribution in [0.2, 0.25) is 5.02 Å². The van der Waals surface area contributed by atoms with E-state index in [0.29, 0.717) is 17.1 Å². The van der Waals surface area contributed by atoms with Gasteiger partial charge in [-0.25, -0.2) is 0 Å². The van der Waals surface area contributed by atoms with E-state index < -0.39 is 0 Å². The van der Waals surface area contributed by atoms with Crippen molar-refractivity contribution in [3.05, 3.63) is 64.2 Å². The summed E-state index contributed by atoms with van der Waals surface area (Å²) in [7, 11) is 0. The number of halogens is 1. The standard InChI is InChI=1S/C19H19ClN2O2/c1-14-17(19(24)22-12-13-23)5-2-6-18(14)21-11-3-4-15-7-9-16(20)10-8-15/h2,5-10,21,23H,11-13H2,1H3,(H,22,24). The van der Waals surface area contributed by atoms with Crippen LogP contribution in [0.3, 0.4) is 0 Å². The Morgan fingerprint density at radius 3 is 2.67 bits per heavy atom. The van der Waals surface area contributed by atoms with Crippen LogP contribution in [0, 0.1) is 18.8 Å². The predicted molar refractivity (Wildman–Crippen MR) is 97.4 cm³/mol. The molecule has 0 aromatic heterocycles. The van der Waals surface area contributed by atoms with Crippen molar-refractivity contribution in [2.24, 2.45) is 0 Å². The Kier molecular flexibility index (Phi) is 6.68. The van der Waals surface area contributed by atoms with E-state index in [4.69, 9.17) is 16.7 Å². The van der Waals surface area contributed by atoms with Gasteiger partial charge in [-0.2, -0.15) is 0 Å². The topological polar surface area (TPSA) is 61.4 Å². The molecule has 0 saturated heterocycles. The van der Waals surface area contributed by atoms with Gasteiger partial charge in [0.15, 0.2) is 0 Å². The number of nitrogens with one attached hydrogen (secondary N) is 2. The largest absolute Gasteiger partial charge is 0.395 e. The molecule has 5 heteroatoms. The van der Waals surface area contributed by atoms with E-state index >= 15 is 0 Å². The molecule has 0 aliphatic rings. The summed E-state index contributed by atoms with van der Waals surface area (Å²) >= 11 is 5.84. The van der Waals surface area contributed by atoms with Gasteiger partial charge in [0, 0.05) is 28.4 Å². The van der Waals surface area contributed by atoms with Crippen LogP contribution in [0.1, 0.15) is 21.5 Å². The Labute approximate surface area is 146 Å². The van der Waals surface area contributed by atoms with Crippen LogP contribution in [0.5, 0.6) is 0 Å². The highest BCUT2D eigenvalue weighted by Crippen LogP contribution is 2.18. The predicted octanol–water partition coefficient (Wildman–Crippen LogP) is 2.83. The lowest BCUT2D eigenvalue weighted by atomic mass is 10.1. The van der Waals surface area contributed by atoms with E-state index in [0.717, 1.165) is 16.8 Å². The van der Waals surface area contributed by atoms with Crippen LogP contribution >= 0.6 is 11.6 Å². The number of carbonyl (C=O) groups is 1. The summed E-state index contributed by atoms with van der Waals surface area (Å²) in [6.07, 6.45) is 0. The molecule has 0 heterocycles. The Morgan fingerprint density at radius 1 is 1.21 bits per heavy atom. The highest BCUT2D eigenvalue weighted by Gasteiger charge is 2.10. The van der Waals surface area contributed by atoms with Crippen molar-refractivity contribution in [2.75, 3.05) is 25.0 Å². The second-order valence-electron chi connectivity index (χ2n) is 5.12. The van der Waals surface area contributed by atoms with E-state index in [1.54, 1.807) is 18.2 Å². The third-order valence-electron chi connectivity index (χ3n) is 3.42. The second kappa shape index (κ2) is 8.97. The third kappa shape index (κ3) is 5.02. The minimum absolute atomic E-state index is 0.0803. The molecule has 124 valence electrons. The number of anilines is 1. The molecular formula is C19H19ClN2O2. The first-order valence-electron chi connectivity index (χ1n) is 7.59. The third-order valence-corrected chi connectivity index (χ3v) is 3.67. The van der Waals surface area contributed by atoms with Crippen molar-refractivity contribution < 1.29 is 9.90 Å². The van der Waals surface area contributed by atoms with Gasteiger partial charge >= 0.3 is 0 Å². The quantitative estimate of drug-likeness (QED) is 0.732. The number of benzene rings is 2. The van der Waals surface area contributed by atoms with Crippen molar-refractivity contribution in [2.45, 2.75) is 6.92 Å². The second-order valence-corrected chi connectivity index (χ2v) is 5.56. The van der Waals surface area contributed by atoms with Crippen LogP contribution < -0.4 is 10.6 Å². The smallest absolute Gasteiger partial charge is 0.251 e. The Morgan fingerprint density at radius 2 is 1.96 bits per heavy atom. The minimum atomic E-state index is -0.197. The zero-order valence-corrected chi connectivity index (χ0v) is 14.2. The van der Waals surface area contributed by atoms with Crippen LogP contribution in [-0.4, -0.2) is 30.7 Å². The lowest BCUT2D eigenvalue weighted by Crippen LogP contribution is -2.27. The SMILES string of the molecule is Cc1c(NCC#Cc2ccc(Cl)cc2)cccc1C(=O)NCCO. The maximum absolute atomic E-state index is 12.0. The zero-order chi connectivity index (χ0) is 17.4. The van der Waals surface area contributed by atoms with E-state index in [2.05, 4.69) is 22.5 Å². The van der Waals surface area contributed by atoms with Crippen molar-refractivity contribution in [1.29, 1.82) is 0 Å². The fourth-order valence-electron chi connectivity index (χ4n) is 2.16. The molecule has 24 heavy (non-hydrogen) atoms. The van der Waals surface area contributed by atoms with Gasteiger partial charge in [-0.3, -0.25) is 4.79 Å². The molecule has 0 atom stereocenters. The van der Waals surface area contributed by atoms with Crippen molar-refractivity contribution >= 4 is 23.2 Å². The molecule has 0 radical (unpaired) electrons. The maximum Gasteiger partial charge on any atom is 0.251 e. The number of amides is 1. The monoisotopic (exact) mass is 342 g/mol. The highest BCUT2D eigenvalue weighted by atomic mass is 35.5. The summed E-state index contributed by atoms with van der Waals surface area (Å²) < 4.78 is 0. The average molecular weight is 343 g/mol. The molecule has 0 fully saturated rings. The first kappa shape index (κ1) is 17.9. The number of hydrogen-bond donors (Lipinski definition) is 3. The number of aliphatic hydroxyl groups is 1. The molecule has 0 aliphatic carbocycles. The Hall–Kier alpha value is -2.48. The van der Waals surface area contributed by atoms with Crippen molar-refractivity contribution in [1.82, 2.24) is 5.32 Å². The lowest BCUT2D eigenvalue weighted by Gasteiger charge is -2.11. The van der Waals surface area contributed by atoms with Crippen LogP contribution in [0.25, 0.3) is 0 Å². The van der Waals surface area contributed by atoms with E-state index in [9.17, 15) is 4.79 Å². The van der Waals surface area contributed by atoms with Crippen molar-refractivity contribution in [3.8, 4) is 11.8 Å². The van der Waals surface area contributed by atoms with Crippen molar-refractivity contribution in [3.63, 3.8) is 0 Å². The minimum Gasteiger partial charge on any atom is -0.395 e. The molecule has 2 rings (SSSR count). The van der Waals surface area contributed by atoms with Gasteiger partial charge in [0.25, 0.3) is 5.91 Å². The molecule has 0 unspecified atom stereocenters. The first-order chi connectivity index (χ1) is 11.6. The molecular weight excluding hydrogens is 324 g/mol. The van der Waals surface area contributed by atoms with Crippen LogP contribution in [0.4, 0.5) is 5.69 Å². The van der Waals surface area contributed by atoms with Gasteiger partial charge in [0.05, 0.1) is 13.2 Å². The molecule has 1 amide bonds. The first-order valence-corrected chi connectivity index (χ1v) is 7.96. The lowest BCUT2D eigenvalue weighted by molar-refractivity contribution is 0.0944. The number of aliphatic hydroxyl groups excluding tert-OH is 1. The molecule has 0 spiro atoms.